The highest BCUT2D eigenvalue weighted by Crippen LogP contribution is 2.31. The van der Waals surface area contributed by atoms with Crippen molar-refractivity contribution in [2.75, 3.05) is 67.8 Å². The number of aromatic amines is 1. The van der Waals surface area contributed by atoms with Gasteiger partial charge in [-0.15, -0.1) is 0 Å². The highest BCUT2D eigenvalue weighted by Gasteiger charge is 2.29. The van der Waals surface area contributed by atoms with E-state index in [4.69, 9.17) is 4.98 Å². The van der Waals surface area contributed by atoms with Crippen molar-refractivity contribution in [3.63, 3.8) is 0 Å². The second-order valence-electron chi connectivity index (χ2n) is 12.0. The summed E-state index contributed by atoms with van der Waals surface area (Å²) in [5, 5.41) is 4.66. The molecule has 0 bridgehead atoms. The lowest BCUT2D eigenvalue weighted by Crippen LogP contribution is -2.47. The van der Waals surface area contributed by atoms with Gasteiger partial charge >= 0.3 is 0 Å². The van der Waals surface area contributed by atoms with Crippen LogP contribution in [0.2, 0.25) is 0 Å². The topological polar surface area (TPSA) is 82.8 Å². The van der Waals surface area contributed by atoms with Gasteiger partial charge in [0.1, 0.15) is 5.69 Å². The summed E-state index contributed by atoms with van der Waals surface area (Å²) in [7, 11) is 2.17. The molecule has 3 N–H and O–H groups in total. The highest BCUT2D eigenvalue weighted by molar-refractivity contribution is 7.98. The third kappa shape index (κ3) is 6.85. The molecular formula is C30H44N8OS. The fourth-order valence-electron chi connectivity index (χ4n) is 5.57. The number of amides is 1. The van der Waals surface area contributed by atoms with Crippen molar-refractivity contribution in [3.05, 3.63) is 48.3 Å². The molecule has 0 atom stereocenters. The molecule has 2 aliphatic heterocycles. The van der Waals surface area contributed by atoms with Crippen LogP contribution in [-0.4, -0.2) is 94.4 Å². The van der Waals surface area contributed by atoms with E-state index in [1.807, 2.05) is 23.2 Å². The Labute approximate surface area is 242 Å². The molecule has 40 heavy (non-hydrogen) atoms. The zero-order chi connectivity index (χ0) is 28.3. The number of hydrogen-bond donors (Lipinski definition) is 3. The summed E-state index contributed by atoms with van der Waals surface area (Å²) in [6.45, 7) is 15.3. The number of carbonyl (C=O) groups excluding carboxylic acids is 1. The van der Waals surface area contributed by atoms with E-state index in [2.05, 4.69) is 88.1 Å². The number of piperidine rings is 1. The predicted molar refractivity (Wildman–Crippen MR) is 168 cm³/mol. The largest absolute Gasteiger partial charge is 0.377 e. The summed E-state index contributed by atoms with van der Waals surface area (Å²) in [6, 6.07) is 12.7. The molecule has 0 unspecified atom stereocenters. The minimum atomic E-state index is -0.0488. The molecule has 0 saturated carbocycles. The number of piperazine rings is 1. The second-order valence-corrected chi connectivity index (χ2v) is 12.9. The molecule has 10 heteroatoms. The molecule has 0 aliphatic carbocycles. The van der Waals surface area contributed by atoms with Gasteiger partial charge in [0.15, 0.2) is 5.82 Å². The van der Waals surface area contributed by atoms with Crippen molar-refractivity contribution >= 4 is 46.1 Å². The molecule has 5 rings (SSSR count). The van der Waals surface area contributed by atoms with Crippen LogP contribution in [0.5, 0.6) is 0 Å². The standard InChI is InChI=1S/C30H44N8OS/c1-6-38(28-26(8-7-13-31-28)33-30(2,3)4)24-11-14-36(15-12-24)29(39)27-21-22-20-23(9-10-25(22)32-27)34-40-37-18-16-35(5)17-19-37/h7-10,13,20-21,24,32-34H,6,11-12,14-19H2,1-5H3. The first-order valence-corrected chi connectivity index (χ1v) is 15.3. The number of carbonyl (C=O) groups is 1. The highest BCUT2D eigenvalue weighted by atomic mass is 32.2. The average Bonchev–Trinajstić information content (AvgIpc) is 3.37. The Balaban J connectivity index is 1.20. The summed E-state index contributed by atoms with van der Waals surface area (Å²) < 4.78 is 5.83. The smallest absolute Gasteiger partial charge is 0.270 e. The molecule has 2 aliphatic rings. The molecule has 0 spiro atoms. The van der Waals surface area contributed by atoms with Crippen LogP contribution in [0, 0.1) is 0 Å². The van der Waals surface area contributed by atoms with E-state index >= 15 is 0 Å². The number of fused-ring (bicyclic) bond motifs is 1. The van der Waals surface area contributed by atoms with Crippen LogP contribution in [0.4, 0.5) is 17.2 Å². The first kappa shape index (κ1) is 28.6. The van der Waals surface area contributed by atoms with Crippen LogP contribution in [0.1, 0.15) is 51.0 Å². The Kier molecular flexibility index (Phi) is 8.77. The zero-order valence-electron chi connectivity index (χ0n) is 24.5. The molecule has 1 amide bonds. The van der Waals surface area contributed by atoms with Crippen molar-refractivity contribution < 1.29 is 4.79 Å². The van der Waals surface area contributed by atoms with Crippen LogP contribution < -0.4 is 14.9 Å². The van der Waals surface area contributed by atoms with Crippen LogP contribution in [0.25, 0.3) is 10.9 Å². The summed E-state index contributed by atoms with van der Waals surface area (Å²) in [4.78, 5) is 28.3. The number of hydrogen-bond acceptors (Lipinski definition) is 8. The average molecular weight is 565 g/mol. The number of aromatic nitrogens is 2. The SMILES string of the molecule is CCN(c1ncccc1NC(C)(C)C)C1CCN(C(=O)c2cc3cc(NSN4CCN(C)CC4)ccc3[nH]2)CC1. The van der Waals surface area contributed by atoms with E-state index in [0.29, 0.717) is 11.7 Å². The number of H-pyrrole nitrogens is 1. The Hall–Kier alpha value is -2.95. The number of rotatable bonds is 8. The van der Waals surface area contributed by atoms with Crippen molar-refractivity contribution in [3.8, 4) is 0 Å². The number of likely N-dealkylation sites (N-methyl/N-ethyl adjacent to an activating group) is 1. The third-order valence-electron chi connectivity index (χ3n) is 7.71. The molecular weight excluding hydrogens is 520 g/mol. The van der Waals surface area contributed by atoms with E-state index in [0.717, 1.165) is 86.8 Å². The van der Waals surface area contributed by atoms with E-state index < -0.39 is 0 Å². The minimum absolute atomic E-state index is 0.0488. The van der Waals surface area contributed by atoms with Gasteiger partial charge in [-0.3, -0.25) is 4.79 Å². The maximum Gasteiger partial charge on any atom is 0.270 e. The van der Waals surface area contributed by atoms with Crippen molar-refractivity contribution in [2.24, 2.45) is 0 Å². The van der Waals surface area contributed by atoms with Gasteiger partial charge in [0.05, 0.1) is 5.69 Å². The number of pyridine rings is 1. The quantitative estimate of drug-likeness (QED) is 0.325. The van der Waals surface area contributed by atoms with Crippen molar-refractivity contribution in [1.82, 2.24) is 24.1 Å². The number of likely N-dealkylation sites (tertiary alicyclic amines) is 1. The van der Waals surface area contributed by atoms with Crippen LogP contribution in [-0.2, 0) is 0 Å². The lowest BCUT2D eigenvalue weighted by atomic mass is 10.0. The van der Waals surface area contributed by atoms with E-state index in [-0.39, 0.29) is 11.4 Å². The third-order valence-corrected chi connectivity index (χ3v) is 8.66. The summed E-state index contributed by atoms with van der Waals surface area (Å²) in [6.07, 6.45) is 3.71. The van der Waals surface area contributed by atoms with E-state index in [1.54, 1.807) is 12.1 Å². The fraction of sp³-hybridized carbons (Fsp3) is 0.533. The molecule has 2 aromatic heterocycles. The maximum absolute atomic E-state index is 13.5. The Morgan fingerprint density at radius 2 is 1.85 bits per heavy atom. The predicted octanol–water partition coefficient (Wildman–Crippen LogP) is 5.13. The lowest BCUT2D eigenvalue weighted by molar-refractivity contribution is 0.0707. The molecule has 2 fully saturated rings. The van der Waals surface area contributed by atoms with Gasteiger partial charge < -0.3 is 29.7 Å². The second kappa shape index (κ2) is 12.3. The minimum Gasteiger partial charge on any atom is -0.377 e. The Morgan fingerprint density at radius 3 is 2.55 bits per heavy atom. The Morgan fingerprint density at radius 1 is 1.10 bits per heavy atom. The number of benzene rings is 1. The van der Waals surface area contributed by atoms with E-state index in [9.17, 15) is 4.79 Å². The lowest BCUT2D eigenvalue weighted by Gasteiger charge is -2.39. The molecule has 216 valence electrons. The zero-order valence-corrected chi connectivity index (χ0v) is 25.4. The fourth-order valence-corrected chi connectivity index (χ4v) is 6.27. The molecule has 2 saturated heterocycles. The van der Waals surface area contributed by atoms with Gasteiger partial charge in [-0.2, -0.15) is 0 Å². The molecule has 0 radical (unpaired) electrons. The van der Waals surface area contributed by atoms with Crippen LogP contribution in [0.15, 0.2) is 42.6 Å². The Bertz CT molecular complexity index is 1290. The normalized spacial score (nSPS) is 17.8. The summed E-state index contributed by atoms with van der Waals surface area (Å²) in [5.74, 6) is 1.07. The van der Waals surface area contributed by atoms with Gasteiger partial charge in [0.2, 0.25) is 0 Å². The summed E-state index contributed by atoms with van der Waals surface area (Å²) >= 11 is 1.66. The monoisotopic (exact) mass is 564 g/mol. The van der Waals surface area contributed by atoms with Crippen LogP contribution >= 0.6 is 12.1 Å². The molecule has 4 heterocycles. The van der Waals surface area contributed by atoms with Crippen molar-refractivity contribution in [1.29, 1.82) is 0 Å². The van der Waals surface area contributed by atoms with Crippen molar-refractivity contribution in [2.45, 2.75) is 52.1 Å². The van der Waals surface area contributed by atoms with Gasteiger partial charge in [0, 0.05) is 92.3 Å². The number of nitrogens with one attached hydrogen (secondary N) is 3. The number of nitrogens with zero attached hydrogens (tertiary/aromatic N) is 5. The maximum atomic E-state index is 13.5. The van der Waals surface area contributed by atoms with E-state index in [1.165, 1.54) is 0 Å². The first-order chi connectivity index (χ1) is 19.2. The van der Waals surface area contributed by atoms with Gasteiger partial charge in [-0.05, 0) is 84.0 Å². The van der Waals surface area contributed by atoms with Gasteiger partial charge in [-0.25, -0.2) is 9.29 Å². The van der Waals surface area contributed by atoms with Gasteiger partial charge in [-0.1, -0.05) is 0 Å². The number of anilines is 3. The molecule has 9 nitrogen and oxygen atoms in total. The van der Waals surface area contributed by atoms with Crippen LogP contribution in [0.3, 0.4) is 0 Å². The van der Waals surface area contributed by atoms with Gasteiger partial charge in [0.25, 0.3) is 5.91 Å². The molecule has 1 aromatic carbocycles. The first-order valence-electron chi connectivity index (χ1n) is 14.5. The molecule has 3 aromatic rings. The summed E-state index contributed by atoms with van der Waals surface area (Å²) in [5.41, 5.74) is 3.70.